The Kier molecular flexibility index (Phi) is 38.1. The summed E-state index contributed by atoms with van der Waals surface area (Å²) in [7, 11) is -4.38. The molecule has 3 N–H and O–H groups in total. The van der Waals surface area contributed by atoms with Gasteiger partial charge in [0.25, 0.3) is 0 Å². The quantitative estimate of drug-likeness (QED) is 0.0271. The fourth-order valence-electron chi connectivity index (χ4n) is 5.52. The molecule has 0 aliphatic carbocycles. The lowest BCUT2D eigenvalue weighted by molar-refractivity contribution is -0.161. The van der Waals surface area contributed by atoms with E-state index in [4.69, 9.17) is 24.3 Å². The maximum Gasteiger partial charge on any atom is 0.472 e. The number of ether oxygens (including phenoxy) is 2. The van der Waals surface area contributed by atoms with E-state index in [0.717, 1.165) is 57.8 Å². The number of phosphoric acid groups is 1. The minimum atomic E-state index is -4.38. The van der Waals surface area contributed by atoms with Crippen LogP contribution < -0.4 is 5.73 Å². The SMILES string of the molecule is CCCCCC=CCC=CCC=CCCCCC(=O)OC[C@H](COP(=O)(O)OCCN)OC(=O)CCCCCCCCCC=CCCCCCCCC. The number of nitrogens with two attached hydrogens (primary N) is 1. The molecule has 0 heterocycles. The summed E-state index contributed by atoms with van der Waals surface area (Å²) < 4.78 is 32.7. The van der Waals surface area contributed by atoms with E-state index in [1.54, 1.807) is 0 Å². The largest absolute Gasteiger partial charge is 0.472 e. The normalized spacial score (nSPS) is 13.8. The molecule has 1 unspecified atom stereocenters. The van der Waals surface area contributed by atoms with Crippen molar-refractivity contribution in [3.8, 4) is 0 Å². The van der Waals surface area contributed by atoms with Crippen molar-refractivity contribution < 1.29 is 37.6 Å². The molecule has 0 aromatic heterocycles. The van der Waals surface area contributed by atoms with E-state index >= 15 is 0 Å². The van der Waals surface area contributed by atoms with Gasteiger partial charge in [-0.2, -0.15) is 0 Å². The van der Waals surface area contributed by atoms with Gasteiger partial charge in [0.05, 0.1) is 13.2 Å². The Morgan fingerprint density at radius 2 is 0.981 bits per heavy atom. The van der Waals surface area contributed by atoms with Crippen molar-refractivity contribution >= 4 is 19.8 Å². The topological polar surface area (TPSA) is 134 Å². The van der Waals surface area contributed by atoms with E-state index in [-0.39, 0.29) is 32.6 Å². The second kappa shape index (κ2) is 39.7. The fourth-order valence-corrected chi connectivity index (χ4v) is 6.28. The van der Waals surface area contributed by atoms with Crippen LogP contribution in [0.15, 0.2) is 48.6 Å². The van der Waals surface area contributed by atoms with Crippen molar-refractivity contribution in [3.05, 3.63) is 48.6 Å². The molecule has 0 fully saturated rings. The van der Waals surface area contributed by atoms with Gasteiger partial charge in [-0.15, -0.1) is 0 Å². The zero-order chi connectivity index (χ0) is 38.9. The van der Waals surface area contributed by atoms with Crippen LogP contribution in [-0.4, -0.2) is 49.3 Å². The number of hydrogen-bond donors (Lipinski definition) is 2. The lowest BCUT2D eigenvalue weighted by atomic mass is 10.1. The molecule has 0 radical (unpaired) electrons. The Hall–Kier alpha value is -2.03. The smallest absolute Gasteiger partial charge is 0.462 e. The molecule has 0 aromatic rings. The lowest BCUT2D eigenvalue weighted by Crippen LogP contribution is -2.29. The number of phosphoric ester groups is 1. The highest BCUT2D eigenvalue weighted by Gasteiger charge is 2.25. The molecule has 53 heavy (non-hydrogen) atoms. The molecular formula is C43H78NO8P. The van der Waals surface area contributed by atoms with Crippen LogP contribution in [-0.2, 0) is 32.7 Å². The maximum absolute atomic E-state index is 12.6. The third kappa shape index (κ3) is 39.5. The molecule has 0 amide bonds. The van der Waals surface area contributed by atoms with Crippen LogP contribution in [0.2, 0.25) is 0 Å². The Labute approximate surface area is 324 Å². The minimum absolute atomic E-state index is 0.0462. The average molecular weight is 768 g/mol. The van der Waals surface area contributed by atoms with Gasteiger partial charge < -0.3 is 20.1 Å². The molecule has 0 aliphatic rings. The summed E-state index contributed by atoms with van der Waals surface area (Å²) in [5.41, 5.74) is 5.34. The first-order valence-electron chi connectivity index (χ1n) is 21.1. The number of carbonyl (C=O) groups is 2. The van der Waals surface area contributed by atoms with Crippen molar-refractivity contribution in [3.63, 3.8) is 0 Å². The summed E-state index contributed by atoms with van der Waals surface area (Å²) in [5, 5.41) is 0. The van der Waals surface area contributed by atoms with E-state index < -0.39 is 32.5 Å². The minimum Gasteiger partial charge on any atom is -0.462 e. The van der Waals surface area contributed by atoms with Gasteiger partial charge in [0, 0.05) is 19.4 Å². The molecule has 0 bridgehead atoms. The van der Waals surface area contributed by atoms with Crippen LogP contribution in [0.25, 0.3) is 0 Å². The predicted molar refractivity (Wildman–Crippen MR) is 220 cm³/mol. The van der Waals surface area contributed by atoms with Crippen LogP contribution in [0.5, 0.6) is 0 Å². The standard InChI is InChI=1S/C43H78NO8P/c1-3-5-7-9-11-13-15-17-19-20-22-24-26-28-30-32-34-36-43(46)52-41(40-51-53(47,48)50-38-37-44)39-49-42(45)35-33-31-29-27-25-23-21-18-16-14-12-10-8-6-4-2/h12,14,17-19,21,25,27,41H,3-11,13,15-16,20,22-24,26,28-40,44H2,1-2H3,(H,47,48)/t41-/m1/s1. The molecule has 0 spiro atoms. The van der Waals surface area contributed by atoms with Gasteiger partial charge in [-0.05, 0) is 77.0 Å². The van der Waals surface area contributed by atoms with Gasteiger partial charge in [-0.25, -0.2) is 4.57 Å². The summed E-state index contributed by atoms with van der Waals surface area (Å²) in [6.07, 6.45) is 44.2. The summed E-state index contributed by atoms with van der Waals surface area (Å²) >= 11 is 0. The Morgan fingerprint density at radius 3 is 1.55 bits per heavy atom. The van der Waals surface area contributed by atoms with Gasteiger partial charge in [0.15, 0.2) is 6.10 Å². The van der Waals surface area contributed by atoms with Gasteiger partial charge >= 0.3 is 19.8 Å². The molecule has 0 rings (SSSR count). The van der Waals surface area contributed by atoms with Crippen molar-refractivity contribution in [2.45, 2.75) is 187 Å². The van der Waals surface area contributed by atoms with Crippen molar-refractivity contribution in [2.75, 3.05) is 26.4 Å². The van der Waals surface area contributed by atoms with Gasteiger partial charge in [-0.3, -0.25) is 18.6 Å². The molecule has 308 valence electrons. The van der Waals surface area contributed by atoms with Crippen molar-refractivity contribution in [2.24, 2.45) is 5.73 Å². The first-order valence-corrected chi connectivity index (χ1v) is 22.6. The summed E-state index contributed by atoms with van der Waals surface area (Å²) in [6.45, 7) is 3.64. The molecule has 0 aromatic carbocycles. The highest BCUT2D eigenvalue weighted by atomic mass is 31.2. The third-order valence-corrected chi connectivity index (χ3v) is 9.67. The summed E-state index contributed by atoms with van der Waals surface area (Å²) in [5.74, 6) is -0.880. The molecular weight excluding hydrogens is 689 g/mol. The molecule has 0 saturated heterocycles. The number of rotatable bonds is 39. The number of unbranched alkanes of at least 4 members (excludes halogenated alkanes) is 18. The van der Waals surface area contributed by atoms with E-state index in [0.29, 0.717) is 12.8 Å². The number of carbonyl (C=O) groups excluding carboxylic acids is 2. The second-order valence-corrected chi connectivity index (χ2v) is 15.3. The third-order valence-electron chi connectivity index (χ3n) is 8.69. The van der Waals surface area contributed by atoms with Crippen molar-refractivity contribution in [1.82, 2.24) is 0 Å². The molecule has 0 aliphatic heterocycles. The molecule has 10 heteroatoms. The lowest BCUT2D eigenvalue weighted by Gasteiger charge is -2.19. The Balaban J connectivity index is 4.24. The van der Waals surface area contributed by atoms with E-state index in [9.17, 15) is 19.0 Å². The van der Waals surface area contributed by atoms with Crippen molar-refractivity contribution in [1.29, 1.82) is 0 Å². The number of allylic oxidation sites excluding steroid dienone is 8. The summed E-state index contributed by atoms with van der Waals surface area (Å²) in [4.78, 5) is 34.8. The van der Waals surface area contributed by atoms with Gasteiger partial charge in [-0.1, -0.05) is 140 Å². The predicted octanol–water partition coefficient (Wildman–Crippen LogP) is 11.9. The van der Waals surface area contributed by atoms with Crippen LogP contribution in [0, 0.1) is 0 Å². The average Bonchev–Trinajstić information content (AvgIpc) is 3.14. The van der Waals surface area contributed by atoms with Gasteiger partial charge in [0.2, 0.25) is 0 Å². The van der Waals surface area contributed by atoms with Crippen LogP contribution in [0.1, 0.15) is 181 Å². The summed E-state index contributed by atoms with van der Waals surface area (Å²) in [6, 6.07) is 0. The van der Waals surface area contributed by atoms with E-state index in [1.165, 1.54) is 83.5 Å². The Morgan fingerprint density at radius 1 is 0.566 bits per heavy atom. The van der Waals surface area contributed by atoms with Crippen LogP contribution in [0.4, 0.5) is 0 Å². The molecule has 9 nitrogen and oxygen atoms in total. The van der Waals surface area contributed by atoms with E-state index in [2.05, 4.69) is 62.5 Å². The van der Waals surface area contributed by atoms with E-state index in [1.807, 2.05) is 0 Å². The highest BCUT2D eigenvalue weighted by molar-refractivity contribution is 7.47. The monoisotopic (exact) mass is 768 g/mol. The zero-order valence-electron chi connectivity index (χ0n) is 33.7. The highest BCUT2D eigenvalue weighted by Crippen LogP contribution is 2.43. The maximum atomic E-state index is 12.6. The fraction of sp³-hybridized carbons (Fsp3) is 0.767. The zero-order valence-corrected chi connectivity index (χ0v) is 34.6. The molecule has 2 atom stereocenters. The van der Waals surface area contributed by atoms with Gasteiger partial charge in [0.1, 0.15) is 6.61 Å². The number of esters is 2. The number of hydrogen-bond acceptors (Lipinski definition) is 8. The first kappa shape index (κ1) is 51.0. The molecule has 0 saturated carbocycles. The Bertz CT molecular complexity index is 1010. The van der Waals surface area contributed by atoms with Crippen LogP contribution in [0.3, 0.4) is 0 Å². The second-order valence-electron chi connectivity index (χ2n) is 13.8. The first-order chi connectivity index (χ1) is 25.8. The van der Waals surface area contributed by atoms with Crippen LogP contribution >= 0.6 is 7.82 Å².